The van der Waals surface area contributed by atoms with Gasteiger partial charge < -0.3 is 15.4 Å². The predicted octanol–water partition coefficient (Wildman–Crippen LogP) is 2.56. The number of carbonyl (C=O) groups excluding carboxylic acids is 1. The summed E-state index contributed by atoms with van der Waals surface area (Å²) in [6.07, 6.45) is 1.08. The molecule has 1 saturated heterocycles. The number of ether oxygens (including phenoxy) is 1. The minimum atomic E-state index is -0.145. The number of benzene rings is 1. The summed E-state index contributed by atoms with van der Waals surface area (Å²) in [5.41, 5.74) is 0.812. The molecule has 22 heavy (non-hydrogen) atoms. The van der Waals surface area contributed by atoms with Crippen molar-refractivity contribution in [2.45, 2.75) is 26.3 Å². The van der Waals surface area contributed by atoms with Crippen LogP contribution in [-0.4, -0.2) is 49.8 Å². The second-order valence-corrected chi connectivity index (χ2v) is 6.13. The van der Waals surface area contributed by atoms with Crippen LogP contribution >= 0.6 is 0 Å². The number of rotatable bonds is 6. The zero-order chi connectivity index (χ0) is 15.8. The van der Waals surface area contributed by atoms with Crippen molar-refractivity contribution in [1.82, 2.24) is 10.2 Å². The van der Waals surface area contributed by atoms with Crippen LogP contribution in [0.15, 0.2) is 30.3 Å². The number of para-hydroxylation sites is 1. The summed E-state index contributed by atoms with van der Waals surface area (Å²) in [5, 5.41) is 5.86. The number of hydrogen-bond acceptors (Lipinski definition) is 3. The third-order valence-corrected chi connectivity index (χ3v) is 3.84. The maximum atomic E-state index is 12.0. The fourth-order valence-corrected chi connectivity index (χ4v) is 2.76. The van der Waals surface area contributed by atoms with E-state index in [0.717, 1.165) is 38.4 Å². The van der Waals surface area contributed by atoms with Crippen molar-refractivity contribution < 1.29 is 9.53 Å². The van der Waals surface area contributed by atoms with Gasteiger partial charge in [0.25, 0.3) is 0 Å². The second kappa shape index (κ2) is 8.76. The first-order chi connectivity index (χ1) is 10.6. The zero-order valence-corrected chi connectivity index (χ0v) is 13.5. The van der Waals surface area contributed by atoms with Crippen LogP contribution < -0.4 is 10.6 Å². The number of anilines is 1. The Labute approximate surface area is 133 Å². The Hall–Kier alpha value is -1.59. The Morgan fingerprint density at radius 1 is 1.23 bits per heavy atom. The minimum absolute atomic E-state index is 0.145. The van der Waals surface area contributed by atoms with Crippen LogP contribution in [-0.2, 0) is 4.74 Å². The number of nitrogens with one attached hydrogen (secondary N) is 2. The molecule has 0 radical (unpaired) electrons. The van der Waals surface area contributed by atoms with Crippen LogP contribution in [0.2, 0.25) is 0 Å². The van der Waals surface area contributed by atoms with Crippen LogP contribution in [0.3, 0.4) is 0 Å². The molecule has 2 rings (SSSR count). The smallest absolute Gasteiger partial charge is 0.319 e. The normalized spacial score (nSPS) is 17.2. The van der Waals surface area contributed by atoms with Crippen LogP contribution in [0.5, 0.6) is 0 Å². The summed E-state index contributed by atoms with van der Waals surface area (Å²) in [5.74, 6) is 0.604. The van der Waals surface area contributed by atoms with Gasteiger partial charge >= 0.3 is 6.03 Å². The Morgan fingerprint density at radius 3 is 2.55 bits per heavy atom. The summed E-state index contributed by atoms with van der Waals surface area (Å²) in [7, 11) is 0. The molecule has 0 bridgehead atoms. The number of morpholine rings is 1. The van der Waals surface area contributed by atoms with Gasteiger partial charge in [0.05, 0.1) is 13.2 Å². The number of amides is 2. The average molecular weight is 305 g/mol. The summed E-state index contributed by atoms with van der Waals surface area (Å²) in [6, 6.07) is 9.73. The molecule has 1 aromatic carbocycles. The molecule has 1 fully saturated rings. The summed E-state index contributed by atoms with van der Waals surface area (Å²) >= 11 is 0. The Balaban J connectivity index is 1.83. The highest BCUT2D eigenvalue weighted by Gasteiger charge is 2.22. The molecule has 5 nitrogen and oxygen atoms in total. The summed E-state index contributed by atoms with van der Waals surface area (Å²) in [4.78, 5) is 14.4. The van der Waals surface area contributed by atoms with Crippen molar-refractivity contribution >= 4 is 11.7 Å². The molecule has 1 aliphatic rings. The molecule has 1 aromatic rings. The van der Waals surface area contributed by atoms with Gasteiger partial charge in [0.15, 0.2) is 0 Å². The third kappa shape index (κ3) is 5.66. The van der Waals surface area contributed by atoms with E-state index >= 15 is 0 Å². The van der Waals surface area contributed by atoms with Gasteiger partial charge in [-0.05, 0) is 24.5 Å². The van der Waals surface area contributed by atoms with Crippen molar-refractivity contribution in [1.29, 1.82) is 0 Å². The molecular formula is C17H27N3O2. The van der Waals surface area contributed by atoms with Gasteiger partial charge in [-0.3, -0.25) is 4.90 Å². The average Bonchev–Trinajstić information content (AvgIpc) is 2.53. The van der Waals surface area contributed by atoms with E-state index in [2.05, 4.69) is 29.4 Å². The van der Waals surface area contributed by atoms with Crippen LogP contribution in [0.4, 0.5) is 10.5 Å². The maximum absolute atomic E-state index is 12.0. The lowest BCUT2D eigenvalue weighted by Gasteiger charge is -2.35. The standard InChI is InChI=1S/C17H27N3O2/c1-14(2)12-16(20-8-10-22-11-9-20)13-18-17(21)19-15-6-4-3-5-7-15/h3-7,14,16H,8-13H2,1-2H3,(H2,18,19,21)/t16-/m1/s1. The molecule has 0 unspecified atom stereocenters. The fraction of sp³-hybridized carbons (Fsp3) is 0.588. The van der Waals surface area contributed by atoms with E-state index in [4.69, 9.17) is 4.74 Å². The van der Waals surface area contributed by atoms with E-state index < -0.39 is 0 Å². The summed E-state index contributed by atoms with van der Waals surface area (Å²) in [6.45, 7) is 8.56. The van der Waals surface area contributed by atoms with Crippen molar-refractivity contribution in [3.05, 3.63) is 30.3 Å². The Morgan fingerprint density at radius 2 is 1.91 bits per heavy atom. The second-order valence-electron chi connectivity index (χ2n) is 6.13. The van der Waals surface area contributed by atoms with Gasteiger partial charge in [-0.25, -0.2) is 4.79 Å². The van der Waals surface area contributed by atoms with E-state index in [9.17, 15) is 4.79 Å². The van der Waals surface area contributed by atoms with Crippen molar-refractivity contribution in [2.75, 3.05) is 38.2 Å². The van der Waals surface area contributed by atoms with Gasteiger partial charge in [0.1, 0.15) is 0 Å². The SMILES string of the molecule is CC(C)C[C@H](CNC(=O)Nc1ccccc1)N1CCOCC1. The van der Waals surface area contributed by atoms with Gasteiger partial charge in [-0.2, -0.15) is 0 Å². The number of carbonyl (C=O) groups is 1. The molecule has 0 aromatic heterocycles. The molecular weight excluding hydrogens is 278 g/mol. The van der Waals surface area contributed by atoms with Gasteiger partial charge in [0.2, 0.25) is 0 Å². The summed E-state index contributed by atoms with van der Waals surface area (Å²) < 4.78 is 5.42. The van der Waals surface area contributed by atoms with Crippen molar-refractivity contribution in [3.63, 3.8) is 0 Å². The predicted molar refractivity (Wildman–Crippen MR) is 89.1 cm³/mol. The first kappa shape index (κ1) is 16.8. The van der Waals surface area contributed by atoms with E-state index in [1.807, 2.05) is 30.3 Å². The molecule has 122 valence electrons. The quantitative estimate of drug-likeness (QED) is 0.849. The number of urea groups is 1. The highest BCUT2D eigenvalue weighted by Crippen LogP contribution is 2.13. The molecule has 1 heterocycles. The number of nitrogens with zero attached hydrogens (tertiary/aromatic N) is 1. The first-order valence-electron chi connectivity index (χ1n) is 8.07. The van der Waals surface area contributed by atoms with Gasteiger partial charge in [-0.1, -0.05) is 32.0 Å². The Bertz CT molecular complexity index is 444. The third-order valence-electron chi connectivity index (χ3n) is 3.84. The molecule has 2 amide bonds. The zero-order valence-electron chi connectivity index (χ0n) is 13.5. The molecule has 0 aliphatic carbocycles. The van der Waals surface area contributed by atoms with Gasteiger partial charge in [-0.15, -0.1) is 0 Å². The highest BCUT2D eigenvalue weighted by atomic mass is 16.5. The molecule has 5 heteroatoms. The topological polar surface area (TPSA) is 53.6 Å². The molecule has 1 atom stereocenters. The molecule has 1 aliphatic heterocycles. The van der Waals surface area contributed by atoms with Crippen LogP contribution in [0.1, 0.15) is 20.3 Å². The van der Waals surface area contributed by atoms with Crippen LogP contribution in [0, 0.1) is 5.92 Å². The van der Waals surface area contributed by atoms with E-state index in [-0.39, 0.29) is 6.03 Å². The number of hydrogen-bond donors (Lipinski definition) is 2. The van der Waals surface area contributed by atoms with Crippen LogP contribution in [0.25, 0.3) is 0 Å². The lowest BCUT2D eigenvalue weighted by molar-refractivity contribution is 0.0130. The maximum Gasteiger partial charge on any atom is 0.319 e. The van der Waals surface area contributed by atoms with Gasteiger partial charge in [0, 0.05) is 31.4 Å². The minimum Gasteiger partial charge on any atom is -0.379 e. The lowest BCUT2D eigenvalue weighted by atomic mass is 10.0. The largest absolute Gasteiger partial charge is 0.379 e. The fourth-order valence-electron chi connectivity index (χ4n) is 2.76. The monoisotopic (exact) mass is 305 g/mol. The van der Waals surface area contributed by atoms with E-state index in [0.29, 0.717) is 18.5 Å². The van der Waals surface area contributed by atoms with E-state index in [1.165, 1.54) is 0 Å². The van der Waals surface area contributed by atoms with Crippen molar-refractivity contribution in [2.24, 2.45) is 5.92 Å². The Kier molecular flexibility index (Phi) is 6.68. The molecule has 0 saturated carbocycles. The van der Waals surface area contributed by atoms with Crippen molar-refractivity contribution in [3.8, 4) is 0 Å². The highest BCUT2D eigenvalue weighted by molar-refractivity contribution is 5.89. The van der Waals surface area contributed by atoms with E-state index in [1.54, 1.807) is 0 Å². The first-order valence-corrected chi connectivity index (χ1v) is 8.07. The lowest BCUT2D eigenvalue weighted by Crippen LogP contribution is -2.49. The molecule has 0 spiro atoms. The molecule has 2 N–H and O–H groups in total.